The Kier molecular flexibility index (Phi) is 7.51. The first-order valence-electron chi connectivity index (χ1n) is 9.68. The highest BCUT2D eigenvalue weighted by molar-refractivity contribution is 6.30. The summed E-state index contributed by atoms with van der Waals surface area (Å²) in [5, 5.41) is 3.72. The molecule has 2 amide bonds. The lowest BCUT2D eigenvalue weighted by atomic mass is 9.88. The second-order valence-electron chi connectivity index (χ2n) is 7.68. The van der Waals surface area contributed by atoms with Crippen LogP contribution < -0.4 is 5.32 Å². The van der Waals surface area contributed by atoms with Crippen molar-refractivity contribution in [3.63, 3.8) is 0 Å². The van der Waals surface area contributed by atoms with Gasteiger partial charge in [0.25, 0.3) is 0 Å². The van der Waals surface area contributed by atoms with Crippen LogP contribution in [0.15, 0.2) is 24.3 Å². The molecule has 1 aliphatic rings. The Morgan fingerprint density at radius 1 is 1.15 bits per heavy atom. The fourth-order valence-corrected chi connectivity index (χ4v) is 3.49. The fourth-order valence-electron chi connectivity index (χ4n) is 3.37. The highest BCUT2D eigenvalue weighted by Crippen LogP contribution is 2.29. The molecule has 1 heterocycles. The van der Waals surface area contributed by atoms with Crippen LogP contribution in [0, 0.1) is 11.8 Å². The van der Waals surface area contributed by atoms with Crippen molar-refractivity contribution in [2.24, 2.45) is 11.8 Å². The van der Waals surface area contributed by atoms with Crippen LogP contribution in [0.4, 0.5) is 0 Å². The maximum Gasteiger partial charge on any atom is 0.245 e. The van der Waals surface area contributed by atoms with Crippen LogP contribution in [0.5, 0.6) is 0 Å². The minimum absolute atomic E-state index is 0.0558. The lowest BCUT2D eigenvalue weighted by Crippen LogP contribution is -2.53. The first-order valence-corrected chi connectivity index (χ1v) is 10.1. The maximum absolute atomic E-state index is 13.0. The van der Waals surface area contributed by atoms with Crippen molar-refractivity contribution in [3.05, 3.63) is 34.9 Å². The predicted molar refractivity (Wildman–Crippen MR) is 106 cm³/mol. The number of hydrogen-bond acceptors (Lipinski definition) is 2. The van der Waals surface area contributed by atoms with Gasteiger partial charge in [-0.3, -0.25) is 9.59 Å². The van der Waals surface area contributed by atoms with E-state index in [0.29, 0.717) is 5.92 Å². The zero-order valence-electron chi connectivity index (χ0n) is 16.3. The van der Waals surface area contributed by atoms with Crippen molar-refractivity contribution in [3.8, 4) is 0 Å². The van der Waals surface area contributed by atoms with Crippen LogP contribution in [0.1, 0.15) is 58.4 Å². The molecule has 0 aliphatic carbocycles. The van der Waals surface area contributed by atoms with E-state index in [4.69, 9.17) is 11.6 Å². The number of nitrogens with one attached hydrogen (secondary N) is 1. The number of halogens is 1. The van der Waals surface area contributed by atoms with Gasteiger partial charge in [-0.25, -0.2) is 0 Å². The highest BCUT2D eigenvalue weighted by atomic mass is 35.5. The Bertz CT molecular complexity index is 607. The standard InChI is InChI=1S/C21H31ClN2O2/c1-5-15(4)19(23-20(25)14(2)3)21(26)24-12-10-17(11-13-24)16-6-8-18(22)9-7-16/h6-9,14-15,17,19H,5,10-13H2,1-4H3,(H,23,25). The van der Waals surface area contributed by atoms with Gasteiger partial charge in [0.1, 0.15) is 6.04 Å². The normalized spacial score (nSPS) is 17.8. The van der Waals surface area contributed by atoms with Crippen LogP contribution >= 0.6 is 11.6 Å². The molecule has 0 radical (unpaired) electrons. The zero-order valence-corrected chi connectivity index (χ0v) is 17.1. The molecule has 1 aromatic carbocycles. The second-order valence-corrected chi connectivity index (χ2v) is 8.11. The first kappa shape index (κ1) is 20.8. The van der Waals surface area contributed by atoms with Crippen molar-refractivity contribution in [1.29, 1.82) is 0 Å². The van der Waals surface area contributed by atoms with E-state index in [9.17, 15) is 9.59 Å². The van der Waals surface area contributed by atoms with Crippen molar-refractivity contribution in [2.45, 2.75) is 58.9 Å². The summed E-state index contributed by atoms with van der Waals surface area (Å²) < 4.78 is 0. The lowest BCUT2D eigenvalue weighted by molar-refractivity contribution is -0.139. The van der Waals surface area contributed by atoms with E-state index in [2.05, 4.69) is 24.4 Å². The van der Waals surface area contributed by atoms with E-state index in [1.807, 2.05) is 37.8 Å². The molecule has 26 heavy (non-hydrogen) atoms. The van der Waals surface area contributed by atoms with E-state index in [0.717, 1.165) is 37.4 Å². The number of likely N-dealkylation sites (tertiary alicyclic amines) is 1. The number of carbonyl (C=O) groups excluding carboxylic acids is 2. The quantitative estimate of drug-likeness (QED) is 0.805. The molecule has 0 aromatic heterocycles. The highest BCUT2D eigenvalue weighted by Gasteiger charge is 2.32. The van der Waals surface area contributed by atoms with Gasteiger partial charge in [-0.2, -0.15) is 0 Å². The van der Waals surface area contributed by atoms with Gasteiger partial charge in [-0.1, -0.05) is 57.8 Å². The Morgan fingerprint density at radius 2 is 1.73 bits per heavy atom. The van der Waals surface area contributed by atoms with E-state index in [1.54, 1.807) is 0 Å². The van der Waals surface area contributed by atoms with Gasteiger partial charge in [0.2, 0.25) is 11.8 Å². The number of carbonyl (C=O) groups is 2. The summed E-state index contributed by atoms with van der Waals surface area (Å²) in [5.41, 5.74) is 1.29. The van der Waals surface area contributed by atoms with Gasteiger partial charge < -0.3 is 10.2 Å². The molecular formula is C21H31ClN2O2. The molecule has 1 aromatic rings. The van der Waals surface area contributed by atoms with E-state index in [-0.39, 0.29) is 23.7 Å². The molecule has 1 N–H and O–H groups in total. The molecule has 2 unspecified atom stereocenters. The van der Waals surface area contributed by atoms with E-state index >= 15 is 0 Å². The Morgan fingerprint density at radius 3 is 2.23 bits per heavy atom. The van der Waals surface area contributed by atoms with Crippen molar-refractivity contribution >= 4 is 23.4 Å². The third kappa shape index (κ3) is 5.23. The number of benzene rings is 1. The number of piperidine rings is 1. The minimum Gasteiger partial charge on any atom is -0.344 e. The van der Waals surface area contributed by atoms with Gasteiger partial charge in [0.05, 0.1) is 0 Å². The van der Waals surface area contributed by atoms with Crippen LogP contribution in [-0.2, 0) is 9.59 Å². The number of hydrogen-bond donors (Lipinski definition) is 1. The molecule has 5 heteroatoms. The van der Waals surface area contributed by atoms with Gasteiger partial charge in [0.15, 0.2) is 0 Å². The van der Waals surface area contributed by atoms with E-state index < -0.39 is 6.04 Å². The Labute approximate surface area is 162 Å². The van der Waals surface area contributed by atoms with Crippen LogP contribution in [0.25, 0.3) is 0 Å². The third-order valence-corrected chi connectivity index (χ3v) is 5.70. The molecule has 1 fully saturated rings. The van der Waals surface area contributed by atoms with Crippen LogP contribution in [-0.4, -0.2) is 35.8 Å². The molecule has 4 nitrogen and oxygen atoms in total. The van der Waals surface area contributed by atoms with Crippen molar-refractivity contribution in [2.75, 3.05) is 13.1 Å². The molecule has 0 spiro atoms. The molecule has 1 saturated heterocycles. The number of amides is 2. The summed E-state index contributed by atoms with van der Waals surface area (Å²) in [6, 6.07) is 7.58. The summed E-state index contributed by atoms with van der Waals surface area (Å²) in [4.78, 5) is 27.1. The minimum atomic E-state index is -0.429. The SMILES string of the molecule is CCC(C)C(NC(=O)C(C)C)C(=O)N1CCC(c2ccc(Cl)cc2)CC1. The van der Waals surface area contributed by atoms with E-state index in [1.165, 1.54) is 5.56 Å². The molecule has 0 saturated carbocycles. The van der Waals surface area contributed by atoms with Gasteiger partial charge >= 0.3 is 0 Å². The molecule has 2 atom stereocenters. The smallest absolute Gasteiger partial charge is 0.245 e. The van der Waals surface area contributed by atoms with Crippen molar-refractivity contribution in [1.82, 2.24) is 10.2 Å². The summed E-state index contributed by atoms with van der Waals surface area (Å²) >= 11 is 5.97. The summed E-state index contributed by atoms with van der Waals surface area (Å²) in [5.74, 6) is 0.468. The second kappa shape index (κ2) is 9.40. The zero-order chi connectivity index (χ0) is 19.3. The van der Waals surface area contributed by atoms with Gasteiger partial charge in [-0.05, 0) is 42.4 Å². The van der Waals surface area contributed by atoms with Crippen molar-refractivity contribution < 1.29 is 9.59 Å². The maximum atomic E-state index is 13.0. The third-order valence-electron chi connectivity index (χ3n) is 5.45. The van der Waals surface area contributed by atoms with Gasteiger partial charge in [0, 0.05) is 24.0 Å². The van der Waals surface area contributed by atoms with Gasteiger partial charge in [-0.15, -0.1) is 0 Å². The molecule has 144 valence electrons. The monoisotopic (exact) mass is 378 g/mol. The summed E-state index contributed by atoms with van der Waals surface area (Å²) in [7, 11) is 0. The molecule has 2 rings (SSSR count). The Hall–Kier alpha value is -1.55. The molecular weight excluding hydrogens is 348 g/mol. The first-order chi connectivity index (χ1) is 12.3. The average Bonchev–Trinajstić information content (AvgIpc) is 2.65. The topological polar surface area (TPSA) is 49.4 Å². The average molecular weight is 379 g/mol. The number of rotatable bonds is 6. The summed E-state index contributed by atoms with van der Waals surface area (Å²) in [6.45, 7) is 9.26. The summed E-state index contributed by atoms with van der Waals surface area (Å²) in [6.07, 6.45) is 2.74. The van der Waals surface area contributed by atoms with Crippen LogP contribution in [0.2, 0.25) is 5.02 Å². The number of nitrogens with zero attached hydrogens (tertiary/aromatic N) is 1. The van der Waals surface area contributed by atoms with Crippen LogP contribution in [0.3, 0.4) is 0 Å². The fraction of sp³-hybridized carbons (Fsp3) is 0.619. The predicted octanol–water partition coefficient (Wildman–Crippen LogP) is 4.23. The largest absolute Gasteiger partial charge is 0.344 e. The molecule has 0 bridgehead atoms. The lowest BCUT2D eigenvalue weighted by Gasteiger charge is -2.36. The molecule has 1 aliphatic heterocycles. The Balaban J connectivity index is 1.99.